The summed E-state index contributed by atoms with van der Waals surface area (Å²) in [6, 6.07) is 13.4. The number of allylic oxidation sites excluding steroid dienone is 2. The Balaban J connectivity index is 0.000000465. The maximum absolute atomic E-state index is 11.9. The van der Waals surface area contributed by atoms with Crippen LogP contribution in [0.1, 0.15) is 15.9 Å². The van der Waals surface area contributed by atoms with Crippen molar-refractivity contribution in [2.45, 2.75) is 0 Å². The molecule has 2 aromatic carbocycles. The van der Waals surface area contributed by atoms with Crippen molar-refractivity contribution in [2.24, 2.45) is 7.05 Å². The predicted octanol–water partition coefficient (Wildman–Crippen LogP) is 3.13. The Morgan fingerprint density at radius 3 is 2.37 bits per heavy atom. The van der Waals surface area contributed by atoms with Gasteiger partial charge in [0.15, 0.2) is 0 Å². The van der Waals surface area contributed by atoms with Crippen LogP contribution < -0.4 is 4.57 Å². The molecule has 8 heteroatoms. The highest BCUT2D eigenvalue weighted by molar-refractivity contribution is 7.80. The first kappa shape index (κ1) is 20.2. The average Bonchev–Trinajstić information content (AvgIpc) is 2.59. The van der Waals surface area contributed by atoms with Gasteiger partial charge in [-0.3, -0.25) is 0 Å². The zero-order valence-corrected chi connectivity index (χ0v) is 15.1. The van der Waals surface area contributed by atoms with Crippen LogP contribution in [0, 0.1) is 0 Å². The zero-order chi connectivity index (χ0) is 20.2. The number of aromatic carboxylic acids is 1. The predicted molar refractivity (Wildman–Crippen MR) is 99.6 cm³/mol. The van der Waals surface area contributed by atoms with Crippen LogP contribution in [0.15, 0.2) is 61.2 Å². The lowest BCUT2D eigenvalue weighted by Gasteiger charge is -2.09. The zero-order valence-electron chi connectivity index (χ0n) is 14.3. The molecule has 140 valence electrons. The molecule has 0 saturated heterocycles. The number of carboxylic acids is 1. The number of rotatable bonds is 3. The minimum Gasteiger partial charge on any atom is -0.722 e. The second kappa shape index (κ2) is 8.07. The summed E-state index contributed by atoms with van der Waals surface area (Å²) in [5.74, 6) is -0.916. The van der Waals surface area contributed by atoms with Crippen LogP contribution in [0.2, 0.25) is 0 Å². The molecule has 3 rings (SSSR count). The lowest BCUT2D eigenvalue weighted by Crippen LogP contribution is -2.31. The van der Waals surface area contributed by atoms with Gasteiger partial charge in [0.05, 0.1) is 16.3 Å². The number of para-hydroxylation sites is 1. The maximum atomic E-state index is 11.9. The van der Waals surface area contributed by atoms with Crippen molar-refractivity contribution in [1.29, 1.82) is 0 Å². The number of halogens is 1. The summed E-state index contributed by atoms with van der Waals surface area (Å²) in [7, 11) is -3.46. The van der Waals surface area contributed by atoms with E-state index < -0.39 is 16.5 Å². The fourth-order valence-electron chi connectivity index (χ4n) is 2.88. The summed E-state index contributed by atoms with van der Waals surface area (Å²) < 4.78 is 37.4. The molecule has 0 aliphatic heterocycles. The van der Waals surface area contributed by atoms with Gasteiger partial charge in [-0.25, -0.2) is 13.2 Å². The summed E-state index contributed by atoms with van der Waals surface area (Å²) in [4.78, 5) is 11.9. The van der Waals surface area contributed by atoms with E-state index in [2.05, 4.69) is 6.58 Å². The van der Waals surface area contributed by atoms with Gasteiger partial charge in [0.1, 0.15) is 7.05 Å². The van der Waals surface area contributed by atoms with Gasteiger partial charge in [-0.15, -0.1) is 3.89 Å². The second-order valence-electron chi connectivity index (χ2n) is 5.49. The van der Waals surface area contributed by atoms with Gasteiger partial charge in [-0.05, 0) is 11.6 Å². The first-order chi connectivity index (χ1) is 12.6. The molecule has 1 heterocycles. The molecule has 0 aliphatic rings. The number of benzene rings is 2. The molecule has 0 spiro atoms. The van der Waals surface area contributed by atoms with Crippen molar-refractivity contribution in [3.05, 3.63) is 72.3 Å². The lowest BCUT2D eigenvalue weighted by atomic mass is 9.97. The van der Waals surface area contributed by atoms with E-state index in [9.17, 15) is 13.8 Å². The molecule has 1 N–H and O–H groups in total. The molecule has 0 fully saturated rings. The average molecular weight is 389 g/mol. The molecule has 27 heavy (non-hydrogen) atoms. The third-order valence-corrected chi connectivity index (χ3v) is 3.85. The number of fused-ring (bicyclic) bond motifs is 2. The molecule has 0 bridgehead atoms. The van der Waals surface area contributed by atoms with Crippen LogP contribution in [0.5, 0.6) is 0 Å². The van der Waals surface area contributed by atoms with E-state index in [4.69, 9.17) is 13.0 Å². The largest absolute Gasteiger partial charge is 0.722 e. The van der Waals surface area contributed by atoms with Gasteiger partial charge in [0.25, 0.3) is 10.5 Å². The Labute approximate surface area is 155 Å². The third kappa shape index (κ3) is 4.75. The highest BCUT2D eigenvalue weighted by Gasteiger charge is 2.23. The molecule has 0 unspecified atom stereocenters. The quantitative estimate of drug-likeness (QED) is 0.244. The van der Waals surface area contributed by atoms with Crippen LogP contribution in [0.25, 0.3) is 27.9 Å². The number of carboxylic acid groups (broad SMARTS) is 1. The first-order valence-corrected chi connectivity index (χ1v) is 8.97. The maximum Gasteiger partial charge on any atom is 0.337 e. The van der Waals surface area contributed by atoms with Gasteiger partial charge < -0.3 is 9.66 Å². The SMILES string of the molecule is C=CC=Cc1cccc2c1c(C(=O)O)c1ccccc1[n+]2C.O=S(=O)([O-])F. The van der Waals surface area contributed by atoms with Gasteiger partial charge >= 0.3 is 5.97 Å². The summed E-state index contributed by atoms with van der Waals surface area (Å²) in [5, 5.41) is 11.3. The minimum absolute atomic E-state index is 0.341. The number of carbonyl (C=O) groups is 1. The number of hydrogen-bond acceptors (Lipinski definition) is 4. The molecular weight excluding hydrogens is 373 g/mol. The smallest absolute Gasteiger partial charge is 0.337 e. The third-order valence-electron chi connectivity index (χ3n) is 3.85. The Morgan fingerprint density at radius 1 is 1.19 bits per heavy atom. The lowest BCUT2D eigenvalue weighted by molar-refractivity contribution is -0.617. The van der Waals surface area contributed by atoms with Crippen molar-refractivity contribution in [3.63, 3.8) is 0 Å². The molecule has 0 radical (unpaired) electrons. The molecule has 3 aromatic rings. The molecule has 0 saturated carbocycles. The van der Waals surface area contributed by atoms with Gasteiger partial charge in [0.2, 0.25) is 11.0 Å². The van der Waals surface area contributed by atoms with Crippen LogP contribution in [0.4, 0.5) is 3.89 Å². The minimum atomic E-state index is -5.42. The Morgan fingerprint density at radius 2 is 1.78 bits per heavy atom. The normalized spacial score (nSPS) is 11.4. The topological polar surface area (TPSA) is 98.4 Å². The summed E-state index contributed by atoms with van der Waals surface area (Å²) in [6.45, 7) is 3.67. The van der Waals surface area contributed by atoms with Crippen LogP contribution in [-0.2, 0) is 17.6 Å². The van der Waals surface area contributed by atoms with E-state index in [1.165, 1.54) is 0 Å². The fourth-order valence-corrected chi connectivity index (χ4v) is 2.88. The fraction of sp³-hybridized carbons (Fsp3) is 0.0526. The standard InChI is InChI=1S/C19H15NO2.FHO3S/c1-3-4-8-13-9-7-12-16-17(13)18(19(21)22)14-10-5-6-11-15(14)20(16)2;1-5(2,3)4/h3-12H,1H2,2H3;(H,2,3,4). The van der Waals surface area contributed by atoms with Gasteiger partial charge in [-0.1, -0.05) is 49.1 Å². The van der Waals surface area contributed by atoms with Crippen molar-refractivity contribution >= 4 is 44.4 Å². The summed E-state index contributed by atoms with van der Waals surface area (Å²) in [5.41, 5.74) is 3.00. The van der Waals surface area contributed by atoms with Crippen molar-refractivity contribution in [1.82, 2.24) is 0 Å². The Kier molecular flexibility index (Phi) is 6.04. The van der Waals surface area contributed by atoms with Crippen LogP contribution in [0.3, 0.4) is 0 Å². The Bertz CT molecular complexity index is 1160. The first-order valence-electron chi connectivity index (χ1n) is 7.66. The van der Waals surface area contributed by atoms with E-state index in [0.29, 0.717) is 5.56 Å². The number of aromatic nitrogens is 1. The number of aryl methyl sites for hydroxylation is 1. The molecule has 0 amide bonds. The van der Waals surface area contributed by atoms with E-state index in [1.54, 1.807) is 6.08 Å². The van der Waals surface area contributed by atoms with Crippen molar-refractivity contribution in [3.8, 4) is 0 Å². The van der Waals surface area contributed by atoms with E-state index in [-0.39, 0.29) is 0 Å². The van der Waals surface area contributed by atoms with E-state index in [1.807, 2.05) is 66.2 Å². The van der Waals surface area contributed by atoms with E-state index in [0.717, 1.165) is 27.4 Å². The summed E-state index contributed by atoms with van der Waals surface area (Å²) >= 11 is 0. The Hall–Kier alpha value is -3.10. The molecular formula is C19H16FNO5S. The number of nitrogens with zero attached hydrogens (tertiary/aromatic N) is 1. The van der Waals surface area contributed by atoms with Crippen molar-refractivity contribution < 1.29 is 31.3 Å². The highest BCUT2D eigenvalue weighted by Crippen LogP contribution is 2.28. The van der Waals surface area contributed by atoms with Crippen LogP contribution in [-0.4, -0.2) is 24.0 Å². The highest BCUT2D eigenvalue weighted by atomic mass is 32.3. The molecule has 0 aliphatic carbocycles. The molecule has 0 atom stereocenters. The monoisotopic (exact) mass is 389 g/mol. The molecule has 6 nitrogen and oxygen atoms in total. The second-order valence-corrected chi connectivity index (χ2v) is 6.27. The molecule has 1 aromatic heterocycles. The summed E-state index contributed by atoms with van der Waals surface area (Å²) in [6.07, 6.45) is 5.38. The van der Waals surface area contributed by atoms with Gasteiger partial charge in [0, 0.05) is 12.1 Å². The van der Waals surface area contributed by atoms with Crippen molar-refractivity contribution in [2.75, 3.05) is 0 Å². The van der Waals surface area contributed by atoms with Crippen LogP contribution >= 0.6 is 0 Å². The number of hydrogen-bond donors (Lipinski definition) is 1. The van der Waals surface area contributed by atoms with E-state index >= 15 is 0 Å². The van der Waals surface area contributed by atoms with Gasteiger partial charge in [-0.2, -0.15) is 4.57 Å². The number of pyridine rings is 1.